The molecular weight excluding hydrogens is 1840 g/mol. The molecule has 16 nitrogen and oxygen atoms in total. The van der Waals surface area contributed by atoms with Crippen molar-refractivity contribution in [3.8, 4) is 68.7 Å². The van der Waals surface area contributed by atoms with Gasteiger partial charge in [-0.2, -0.15) is 0 Å². The summed E-state index contributed by atoms with van der Waals surface area (Å²) in [6.07, 6.45) is 13.1. The third kappa shape index (κ3) is 13.7. The van der Waals surface area contributed by atoms with Crippen molar-refractivity contribution in [3.05, 3.63) is 462 Å². The maximum absolute atomic E-state index is 7.12. The maximum Gasteiger partial charge on any atom is 0.249 e. The van der Waals surface area contributed by atoms with E-state index in [9.17, 15) is 0 Å². The summed E-state index contributed by atoms with van der Waals surface area (Å²) in [5.74, 6) is 6.78. The summed E-state index contributed by atoms with van der Waals surface area (Å²) >= 11 is 5.51. The molecular formula is C123H76B3N13O3S3. The normalized spacial score (nSPS) is 13.5. The number of hydrogen-bond acceptors (Lipinski definition) is 19. The number of nitrogens with zero attached hydrogens (tertiary/aromatic N) is 13. The fraction of sp³-hybridized carbons (Fsp3) is 0. The first-order valence-corrected chi connectivity index (χ1v) is 50.8. The average Bonchev–Trinajstić information content (AvgIpc) is 0.698. The summed E-state index contributed by atoms with van der Waals surface area (Å²) in [5, 5.41) is 1.09. The third-order valence-corrected chi connectivity index (χ3v) is 31.9. The number of fused-ring (bicyclic) bond motifs is 22. The molecule has 9 aliphatic rings. The molecule has 22 heteroatoms. The fourth-order valence-corrected chi connectivity index (χ4v) is 25.9. The number of aromatic nitrogens is 7. The second-order valence-electron chi connectivity index (χ2n) is 36.5. The van der Waals surface area contributed by atoms with Crippen molar-refractivity contribution in [1.82, 2.24) is 34.9 Å². The van der Waals surface area contributed by atoms with E-state index < -0.39 is 0 Å². The fourth-order valence-electron chi connectivity index (χ4n) is 22.4. The quantitative estimate of drug-likeness (QED) is 0.127. The summed E-state index contributed by atoms with van der Waals surface area (Å²) in [4.78, 5) is 54.8. The number of benzene rings is 17. The molecule has 14 heterocycles. The van der Waals surface area contributed by atoms with E-state index in [1.165, 1.54) is 78.5 Å². The minimum absolute atomic E-state index is 0.0347. The van der Waals surface area contributed by atoms with E-state index >= 15 is 0 Å². The van der Waals surface area contributed by atoms with Gasteiger partial charge in [0.15, 0.2) is 52.0 Å². The second kappa shape index (κ2) is 34.5. The minimum atomic E-state index is 0.0347. The van der Waals surface area contributed by atoms with Crippen LogP contribution in [-0.2, 0) is 0 Å². The Kier molecular flexibility index (Phi) is 20.0. The standard InChI is InChI=1S/C50H31BN6OS.C38H23BN4OS.C35H22BN3OS/c1-3-13-32(14-4-1)48-53-49(33-15-5-2-6-16-33)55-50(54-48)34-23-25-35(26-24-34)56-40-20-10-11-21-42(40)58-47-41(56)31-44-45-46(47)57(36-27-29-52-30-28-36)39-19-9-7-17-37(39)51(45)38-18-8-12-22-43(38)59-44;1-3-15-28-26(13-1)39-27-14-2-6-19-33(27)45-34-22-31-38(37(35(34)39)42(28)25-12-9-20-40-23-25)44-32-18-5-4-16-29(32)43(31)30-17-7-10-24-11-8-21-41-36(24)30;1-2-11-23(12-3-1)38-28-17-7-8-18-30(28)40-35-29(38)21-32-33-34(35)39(24-13-10-20-37-22-24)27-16-6-4-14-25(27)36(33)26-15-5-9-19-31(26)41-32/h1-31H;1-23H;1-22H. The predicted molar refractivity (Wildman–Crippen MR) is 592 cm³/mol. The Morgan fingerprint density at radius 3 is 0.966 bits per heavy atom. The van der Waals surface area contributed by atoms with Gasteiger partial charge in [-0.1, -0.05) is 294 Å². The van der Waals surface area contributed by atoms with Gasteiger partial charge in [-0.3, -0.25) is 19.9 Å². The molecule has 145 heavy (non-hydrogen) atoms. The molecule has 0 spiro atoms. The van der Waals surface area contributed by atoms with Gasteiger partial charge >= 0.3 is 0 Å². The molecule has 17 aromatic carbocycles. The van der Waals surface area contributed by atoms with E-state index in [2.05, 4.69) is 366 Å². The first kappa shape index (κ1) is 84.0. The lowest BCUT2D eigenvalue weighted by atomic mass is 9.35. The number of anilines is 18. The summed E-state index contributed by atoms with van der Waals surface area (Å²) in [6, 6.07) is 147. The van der Waals surface area contributed by atoms with Gasteiger partial charge in [0.2, 0.25) is 20.1 Å². The molecule has 0 fully saturated rings. The van der Waals surface area contributed by atoms with E-state index in [1.807, 2.05) is 176 Å². The number of pyridine rings is 4. The van der Waals surface area contributed by atoms with Crippen LogP contribution in [0.4, 0.5) is 102 Å². The van der Waals surface area contributed by atoms with Crippen LogP contribution in [0.3, 0.4) is 0 Å². The van der Waals surface area contributed by atoms with Crippen LogP contribution in [0.2, 0.25) is 0 Å². The molecule has 0 bridgehead atoms. The van der Waals surface area contributed by atoms with Crippen LogP contribution in [0, 0.1) is 0 Å². The highest BCUT2D eigenvalue weighted by atomic mass is 32.2. The Balaban J connectivity index is 0.000000105. The van der Waals surface area contributed by atoms with Crippen LogP contribution >= 0.6 is 35.3 Å². The van der Waals surface area contributed by atoms with Crippen molar-refractivity contribution >= 4 is 218 Å². The van der Waals surface area contributed by atoms with Crippen molar-refractivity contribution in [1.29, 1.82) is 0 Å². The van der Waals surface area contributed by atoms with Crippen LogP contribution in [0.15, 0.2) is 491 Å². The van der Waals surface area contributed by atoms with Gasteiger partial charge < -0.3 is 43.6 Å². The van der Waals surface area contributed by atoms with Crippen LogP contribution < -0.4 is 92.8 Å². The molecule has 0 unspecified atom stereocenters. The van der Waals surface area contributed by atoms with E-state index in [4.69, 9.17) is 34.1 Å². The molecule has 678 valence electrons. The van der Waals surface area contributed by atoms with Gasteiger partial charge in [0, 0.05) is 117 Å². The Morgan fingerprint density at radius 1 is 0.214 bits per heavy atom. The molecule has 0 saturated carbocycles. The zero-order valence-corrected chi connectivity index (χ0v) is 79.8. The highest BCUT2D eigenvalue weighted by molar-refractivity contribution is 8.00. The smallest absolute Gasteiger partial charge is 0.249 e. The number of hydrogen-bond donors (Lipinski definition) is 0. The van der Waals surface area contributed by atoms with E-state index in [0.717, 1.165) is 164 Å². The largest absolute Gasteiger partial charge is 0.451 e. The highest BCUT2D eigenvalue weighted by Gasteiger charge is 2.50. The van der Waals surface area contributed by atoms with Crippen molar-refractivity contribution in [2.45, 2.75) is 29.4 Å². The summed E-state index contributed by atoms with van der Waals surface area (Å²) < 4.78 is 21.1. The first-order chi connectivity index (χ1) is 72.0. The molecule has 0 radical (unpaired) electrons. The van der Waals surface area contributed by atoms with E-state index in [0.29, 0.717) is 17.5 Å². The second-order valence-corrected chi connectivity index (χ2v) is 39.7. The molecule has 9 aliphatic heterocycles. The van der Waals surface area contributed by atoms with Crippen molar-refractivity contribution in [2.24, 2.45) is 0 Å². The zero-order chi connectivity index (χ0) is 95.3. The van der Waals surface area contributed by atoms with Gasteiger partial charge in [0.05, 0.1) is 86.2 Å². The lowest BCUT2D eigenvalue weighted by Crippen LogP contribution is -2.60. The maximum atomic E-state index is 7.12. The number of para-hydroxylation sites is 11. The SMILES string of the molecule is c1ccc(-c2nc(-c3ccccc3)nc(-c3ccc(N4c5ccccc5Oc5c4cc4c6c5N(c5ccncc5)c5ccccc5B6c5ccccc5S4)cc3)n2)cc1.c1ccc(N2c3ccccc3Oc3c2cc2c4c3N(c3cccnc3)c3ccccc3B4c3ccccc3S2)cc1.c1cncc(N2c3ccccc3B3c4ccccc4Sc4cc5c(c2c43)Oc2ccccc2N5c2cccc3cccnc23)c1. The van der Waals surface area contributed by atoms with Gasteiger partial charge in [-0.15, -0.1) is 0 Å². The summed E-state index contributed by atoms with van der Waals surface area (Å²) in [7, 11) is 0. The minimum Gasteiger partial charge on any atom is -0.451 e. The lowest BCUT2D eigenvalue weighted by Gasteiger charge is -2.43. The Morgan fingerprint density at radius 2 is 0.538 bits per heavy atom. The molecule has 0 aliphatic carbocycles. The van der Waals surface area contributed by atoms with Gasteiger partial charge in [-0.25, -0.2) is 15.0 Å². The molecule has 0 atom stereocenters. The van der Waals surface area contributed by atoms with E-state index in [-0.39, 0.29) is 20.1 Å². The van der Waals surface area contributed by atoms with E-state index in [1.54, 1.807) is 0 Å². The van der Waals surface area contributed by atoms with Crippen molar-refractivity contribution < 1.29 is 14.2 Å². The summed E-state index contributed by atoms with van der Waals surface area (Å²) in [5.41, 5.74) is 33.9. The van der Waals surface area contributed by atoms with Crippen molar-refractivity contribution in [2.75, 3.05) is 29.4 Å². The third-order valence-electron chi connectivity index (χ3n) is 28.4. The van der Waals surface area contributed by atoms with Crippen LogP contribution in [0.25, 0.3) is 45.1 Å². The highest BCUT2D eigenvalue weighted by Crippen LogP contribution is 2.63. The Labute approximate surface area is 849 Å². The van der Waals surface area contributed by atoms with Crippen LogP contribution in [-0.4, -0.2) is 55.0 Å². The molecule has 31 rings (SSSR count). The topological polar surface area (TPSA) is 137 Å². The number of ether oxygens (including phenoxy) is 3. The predicted octanol–water partition coefficient (Wildman–Crippen LogP) is 26.0. The Bertz CT molecular complexity index is 8950. The van der Waals surface area contributed by atoms with Gasteiger partial charge in [0.25, 0.3) is 0 Å². The average molecular weight is 1910 g/mol. The molecule has 0 amide bonds. The monoisotopic (exact) mass is 1910 g/mol. The Hall–Kier alpha value is -17.9. The zero-order valence-electron chi connectivity index (χ0n) is 77.4. The van der Waals surface area contributed by atoms with Crippen LogP contribution in [0.5, 0.6) is 34.5 Å². The molecule has 5 aromatic heterocycles. The number of rotatable bonds is 9. The molecule has 0 N–H and O–H groups in total. The summed E-state index contributed by atoms with van der Waals surface area (Å²) in [6.45, 7) is 0.195. The van der Waals surface area contributed by atoms with Gasteiger partial charge in [-0.05, 0) is 209 Å². The van der Waals surface area contributed by atoms with Crippen LogP contribution in [0.1, 0.15) is 0 Å². The first-order valence-electron chi connectivity index (χ1n) is 48.4. The van der Waals surface area contributed by atoms with Gasteiger partial charge in [0.1, 0.15) is 0 Å². The van der Waals surface area contributed by atoms with Crippen molar-refractivity contribution in [3.63, 3.8) is 0 Å². The lowest BCUT2D eigenvalue weighted by molar-refractivity contribution is 0.478. The molecule has 0 saturated heterocycles. The molecule has 22 aromatic rings.